The molecule has 0 spiro atoms. The van der Waals surface area contributed by atoms with Gasteiger partial charge in [-0.3, -0.25) is 4.79 Å². The van der Waals surface area contributed by atoms with Crippen molar-refractivity contribution in [3.63, 3.8) is 0 Å². The summed E-state index contributed by atoms with van der Waals surface area (Å²) in [6, 6.07) is 0.647. The van der Waals surface area contributed by atoms with Crippen LogP contribution in [0.4, 0.5) is 0 Å². The lowest BCUT2D eigenvalue weighted by molar-refractivity contribution is -0.150. The van der Waals surface area contributed by atoms with Gasteiger partial charge in [-0.15, -0.1) is 0 Å². The minimum atomic E-state index is 0.216. The molecule has 0 aromatic heterocycles. The molecule has 0 aliphatic carbocycles. The zero-order chi connectivity index (χ0) is 14.5. The number of nitrogens with zero attached hydrogens (tertiary/aromatic N) is 1. The van der Waals surface area contributed by atoms with E-state index in [1.54, 1.807) is 7.11 Å². The van der Waals surface area contributed by atoms with E-state index < -0.39 is 0 Å². The molecule has 2 N–H and O–H groups in total. The van der Waals surface area contributed by atoms with Crippen molar-refractivity contribution in [2.45, 2.75) is 51.6 Å². The van der Waals surface area contributed by atoms with Gasteiger partial charge in [-0.05, 0) is 44.6 Å². The third kappa shape index (κ3) is 4.17. The van der Waals surface area contributed by atoms with Gasteiger partial charge in [-0.25, -0.2) is 0 Å². The van der Waals surface area contributed by atoms with Crippen molar-refractivity contribution < 1.29 is 9.63 Å². The highest BCUT2D eigenvalue weighted by Crippen LogP contribution is 2.21. The van der Waals surface area contributed by atoms with E-state index in [1.165, 1.54) is 0 Å². The summed E-state index contributed by atoms with van der Waals surface area (Å²) >= 11 is 0. The lowest BCUT2D eigenvalue weighted by Gasteiger charge is -2.36. The monoisotopic (exact) mass is 283 g/mol. The predicted molar refractivity (Wildman–Crippen MR) is 79.1 cm³/mol. The Morgan fingerprint density at radius 1 is 1.30 bits per heavy atom. The van der Waals surface area contributed by atoms with Crippen LogP contribution in [0, 0.1) is 11.8 Å². The highest BCUT2D eigenvalue weighted by molar-refractivity contribution is 5.76. The second-order valence-electron chi connectivity index (χ2n) is 6.36. The molecular formula is C15H29N3O2. The van der Waals surface area contributed by atoms with E-state index in [0.717, 1.165) is 38.9 Å². The molecule has 5 heteroatoms. The number of hydrogen-bond acceptors (Lipinski definition) is 4. The van der Waals surface area contributed by atoms with E-state index in [4.69, 9.17) is 4.84 Å². The molecule has 0 saturated carbocycles. The fourth-order valence-electron chi connectivity index (χ4n) is 3.41. The quantitative estimate of drug-likeness (QED) is 0.813. The third-order valence-corrected chi connectivity index (χ3v) is 4.85. The van der Waals surface area contributed by atoms with Gasteiger partial charge in [-0.2, -0.15) is 5.06 Å². The molecule has 0 aromatic carbocycles. The Kier molecular flexibility index (Phi) is 5.81. The van der Waals surface area contributed by atoms with Gasteiger partial charge in [0.15, 0.2) is 0 Å². The molecule has 1 amide bonds. The van der Waals surface area contributed by atoms with Crippen LogP contribution in [0.1, 0.15) is 39.5 Å². The van der Waals surface area contributed by atoms with Gasteiger partial charge in [0.2, 0.25) is 5.91 Å². The topological polar surface area (TPSA) is 53.6 Å². The van der Waals surface area contributed by atoms with Crippen LogP contribution in [0.2, 0.25) is 0 Å². The van der Waals surface area contributed by atoms with Gasteiger partial charge in [0.1, 0.15) is 0 Å². The molecule has 3 atom stereocenters. The number of hydroxylamine groups is 2. The Labute approximate surface area is 122 Å². The van der Waals surface area contributed by atoms with Crippen LogP contribution in [0.5, 0.6) is 0 Å². The summed E-state index contributed by atoms with van der Waals surface area (Å²) in [6.45, 7) is 7.33. The lowest BCUT2D eigenvalue weighted by atomic mass is 9.88. The Bertz CT molecular complexity index is 306. The van der Waals surface area contributed by atoms with E-state index >= 15 is 0 Å². The minimum absolute atomic E-state index is 0.216. The number of hydrogen-bond donors (Lipinski definition) is 2. The molecule has 0 aromatic rings. The van der Waals surface area contributed by atoms with E-state index in [1.807, 2.05) is 5.06 Å². The van der Waals surface area contributed by atoms with Crippen LogP contribution in [0.3, 0.4) is 0 Å². The molecule has 2 fully saturated rings. The average Bonchev–Trinajstić information content (AvgIpc) is 2.44. The molecule has 2 saturated heterocycles. The Morgan fingerprint density at radius 3 is 2.60 bits per heavy atom. The van der Waals surface area contributed by atoms with Gasteiger partial charge in [-0.1, -0.05) is 6.92 Å². The summed E-state index contributed by atoms with van der Waals surface area (Å²) in [4.78, 5) is 17.5. The molecule has 5 nitrogen and oxygen atoms in total. The van der Waals surface area contributed by atoms with Crippen LogP contribution in [0.15, 0.2) is 0 Å². The van der Waals surface area contributed by atoms with Crippen molar-refractivity contribution in [3.8, 4) is 0 Å². The molecule has 20 heavy (non-hydrogen) atoms. The third-order valence-electron chi connectivity index (χ3n) is 4.85. The molecule has 2 aliphatic rings. The lowest BCUT2D eigenvalue weighted by Crippen LogP contribution is -2.56. The van der Waals surface area contributed by atoms with Crippen LogP contribution >= 0.6 is 0 Å². The first kappa shape index (κ1) is 15.7. The smallest absolute Gasteiger partial charge is 0.220 e. The maximum absolute atomic E-state index is 12.2. The summed E-state index contributed by atoms with van der Waals surface area (Å²) in [5.74, 6) is 1.28. The normalized spacial score (nSPS) is 33.0. The molecule has 2 heterocycles. The zero-order valence-electron chi connectivity index (χ0n) is 13.0. The Balaban J connectivity index is 1.75. The number of carbonyl (C=O) groups excluding carboxylic acids is 1. The summed E-state index contributed by atoms with van der Waals surface area (Å²) in [6.07, 6.45) is 3.90. The first-order valence-electron chi connectivity index (χ1n) is 7.92. The SMILES string of the molecule is CON1CCC(CC(=O)N[C@@H]2[C@@H](C)CCN[C@@H]2C)CC1. The fraction of sp³-hybridized carbons (Fsp3) is 0.933. The number of nitrogens with one attached hydrogen (secondary N) is 2. The van der Waals surface area contributed by atoms with Gasteiger partial charge >= 0.3 is 0 Å². The summed E-state index contributed by atoms with van der Waals surface area (Å²) in [5, 5.41) is 8.67. The molecule has 116 valence electrons. The van der Waals surface area contributed by atoms with Crippen LogP contribution in [0.25, 0.3) is 0 Å². The van der Waals surface area contributed by atoms with Crippen molar-refractivity contribution in [2.24, 2.45) is 11.8 Å². The largest absolute Gasteiger partial charge is 0.352 e. The summed E-state index contributed by atoms with van der Waals surface area (Å²) in [7, 11) is 1.71. The number of carbonyl (C=O) groups is 1. The van der Waals surface area contributed by atoms with Crippen molar-refractivity contribution in [1.82, 2.24) is 15.7 Å². The fourth-order valence-corrected chi connectivity index (χ4v) is 3.41. The second-order valence-corrected chi connectivity index (χ2v) is 6.36. The molecule has 0 bridgehead atoms. The molecular weight excluding hydrogens is 254 g/mol. The maximum atomic E-state index is 12.2. The van der Waals surface area contributed by atoms with Crippen molar-refractivity contribution in [3.05, 3.63) is 0 Å². The average molecular weight is 283 g/mol. The number of rotatable bonds is 4. The van der Waals surface area contributed by atoms with Crippen LogP contribution in [-0.4, -0.2) is 49.8 Å². The van der Waals surface area contributed by atoms with Crippen molar-refractivity contribution in [1.29, 1.82) is 0 Å². The second kappa shape index (κ2) is 7.38. The molecule has 2 rings (SSSR count). The summed E-state index contributed by atoms with van der Waals surface area (Å²) in [5.41, 5.74) is 0. The molecule has 2 aliphatic heterocycles. The highest BCUT2D eigenvalue weighted by Gasteiger charge is 2.29. The van der Waals surface area contributed by atoms with Gasteiger partial charge in [0.25, 0.3) is 0 Å². The van der Waals surface area contributed by atoms with E-state index in [9.17, 15) is 4.79 Å². The molecule has 0 unspecified atom stereocenters. The molecule has 0 radical (unpaired) electrons. The van der Waals surface area contributed by atoms with Gasteiger partial charge in [0, 0.05) is 31.6 Å². The van der Waals surface area contributed by atoms with E-state index in [-0.39, 0.29) is 11.9 Å². The van der Waals surface area contributed by atoms with Crippen molar-refractivity contribution >= 4 is 5.91 Å². The zero-order valence-corrected chi connectivity index (χ0v) is 13.0. The van der Waals surface area contributed by atoms with Crippen molar-refractivity contribution in [2.75, 3.05) is 26.7 Å². The first-order chi connectivity index (χ1) is 9.60. The Morgan fingerprint density at radius 2 is 2.00 bits per heavy atom. The standard InChI is InChI=1S/C15H29N3O2/c1-11-4-7-16-12(2)15(11)17-14(19)10-13-5-8-18(20-3)9-6-13/h11-13,15-16H,4-10H2,1-3H3,(H,17,19)/t11-,12+,15+/m0/s1. The highest BCUT2D eigenvalue weighted by atomic mass is 16.7. The predicted octanol–water partition coefficient (Wildman–Crippen LogP) is 1.15. The number of amides is 1. The maximum Gasteiger partial charge on any atom is 0.220 e. The van der Waals surface area contributed by atoms with Crippen LogP contribution < -0.4 is 10.6 Å². The van der Waals surface area contributed by atoms with Gasteiger partial charge < -0.3 is 15.5 Å². The summed E-state index contributed by atoms with van der Waals surface area (Å²) < 4.78 is 0. The van der Waals surface area contributed by atoms with E-state index in [0.29, 0.717) is 24.3 Å². The number of piperidine rings is 2. The van der Waals surface area contributed by atoms with E-state index in [2.05, 4.69) is 24.5 Å². The minimum Gasteiger partial charge on any atom is -0.352 e. The first-order valence-corrected chi connectivity index (χ1v) is 7.92. The van der Waals surface area contributed by atoms with Crippen LogP contribution in [-0.2, 0) is 9.63 Å². The Hall–Kier alpha value is -0.650. The van der Waals surface area contributed by atoms with Gasteiger partial charge in [0.05, 0.1) is 7.11 Å².